The average Bonchev–Trinajstić information content (AvgIpc) is 3.29. The zero-order valence-electron chi connectivity index (χ0n) is 23.5. The van der Waals surface area contributed by atoms with E-state index in [-0.39, 0.29) is 17.9 Å². The first-order valence-corrected chi connectivity index (χ1v) is 15.2. The number of rotatable bonds is 9. The minimum absolute atomic E-state index is 0.139. The fourth-order valence-electron chi connectivity index (χ4n) is 4.77. The van der Waals surface area contributed by atoms with Crippen LogP contribution < -0.4 is 14.8 Å². The van der Waals surface area contributed by atoms with E-state index in [1.807, 2.05) is 36.4 Å². The van der Waals surface area contributed by atoms with Gasteiger partial charge in [0, 0.05) is 16.8 Å². The van der Waals surface area contributed by atoms with Gasteiger partial charge in [-0.1, -0.05) is 39.0 Å². The fraction of sp³-hybridized carbons (Fsp3) is 0.387. The highest BCUT2D eigenvalue weighted by Crippen LogP contribution is 2.45. The highest BCUT2D eigenvalue weighted by molar-refractivity contribution is 14.1. The van der Waals surface area contributed by atoms with Gasteiger partial charge in [0.15, 0.2) is 18.1 Å². The van der Waals surface area contributed by atoms with Gasteiger partial charge in [-0.15, -0.1) is 11.3 Å². The van der Waals surface area contributed by atoms with Crippen molar-refractivity contribution in [2.75, 3.05) is 25.6 Å². The Labute approximate surface area is 253 Å². The van der Waals surface area contributed by atoms with Crippen molar-refractivity contribution in [2.24, 2.45) is 16.3 Å². The number of amides is 1. The summed E-state index contributed by atoms with van der Waals surface area (Å²) < 4.78 is 17.0. The molecule has 212 valence electrons. The van der Waals surface area contributed by atoms with Gasteiger partial charge in [0.05, 0.1) is 22.9 Å². The highest BCUT2D eigenvalue weighted by atomic mass is 127. The molecule has 0 saturated heterocycles. The van der Waals surface area contributed by atoms with Crippen molar-refractivity contribution in [1.29, 1.82) is 0 Å². The number of thiophene rings is 1. The molecule has 0 unspecified atom stereocenters. The third-order valence-electron chi connectivity index (χ3n) is 6.95. The number of para-hydroxylation sites is 1. The van der Waals surface area contributed by atoms with Crippen molar-refractivity contribution in [3.05, 3.63) is 67.6 Å². The molecular formula is C31H35IN2O5S. The van der Waals surface area contributed by atoms with E-state index in [1.165, 1.54) is 4.88 Å². The Hall–Kier alpha value is -2.92. The summed E-state index contributed by atoms with van der Waals surface area (Å²) in [5, 5.41) is 3.76. The maximum absolute atomic E-state index is 13.6. The Bertz CT molecular complexity index is 1390. The first-order chi connectivity index (χ1) is 19.1. The molecule has 0 fully saturated rings. The zero-order valence-corrected chi connectivity index (χ0v) is 26.5. The maximum Gasteiger partial charge on any atom is 0.344 e. The van der Waals surface area contributed by atoms with Gasteiger partial charge in [-0.05, 0) is 95.5 Å². The van der Waals surface area contributed by atoms with Gasteiger partial charge in [0.1, 0.15) is 5.00 Å². The van der Waals surface area contributed by atoms with Crippen LogP contribution in [0.2, 0.25) is 0 Å². The van der Waals surface area contributed by atoms with E-state index in [0.717, 1.165) is 39.6 Å². The van der Waals surface area contributed by atoms with E-state index in [4.69, 9.17) is 19.2 Å². The standard InChI is InChI=1S/C31H35IN2O5S/c1-6-38-26(35)18-39-28-23(32)14-19(15-24(28)37-5)17-33-30-27(29(36)34-21-10-8-7-9-11-21)22-13-12-20(31(2,3)4)16-25(22)40-30/h7-11,14-15,17,20H,6,12-13,16,18H2,1-5H3,(H,34,36)/t20-/m1/s1. The molecule has 0 bridgehead atoms. The second-order valence-corrected chi connectivity index (χ2v) is 12.9. The molecule has 7 nitrogen and oxygen atoms in total. The van der Waals surface area contributed by atoms with E-state index in [0.29, 0.717) is 34.6 Å². The Morgan fingerprint density at radius 1 is 1.20 bits per heavy atom. The third-order valence-corrected chi connectivity index (χ3v) is 8.92. The first-order valence-electron chi connectivity index (χ1n) is 13.3. The smallest absolute Gasteiger partial charge is 0.344 e. The molecule has 1 N–H and O–H groups in total. The van der Waals surface area contributed by atoms with E-state index < -0.39 is 5.97 Å². The molecule has 2 aromatic carbocycles. The number of nitrogens with zero attached hydrogens (tertiary/aromatic N) is 1. The first kappa shape index (κ1) is 30.0. The molecule has 1 atom stereocenters. The predicted molar refractivity (Wildman–Crippen MR) is 169 cm³/mol. The third kappa shape index (κ3) is 7.23. The topological polar surface area (TPSA) is 86.2 Å². The molecule has 9 heteroatoms. The molecule has 0 saturated carbocycles. The van der Waals surface area contributed by atoms with Crippen LogP contribution in [0.4, 0.5) is 10.7 Å². The van der Waals surface area contributed by atoms with E-state index >= 15 is 0 Å². The van der Waals surface area contributed by atoms with Crippen LogP contribution >= 0.6 is 33.9 Å². The number of hydrogen-bond acceptors (Lipinski definition) is 7. The summed E-state index contributed by atoms with van der Waals surface area (Å²) in [7, 11) is 1.55. The van der Waals surface area contributed by atoms with Gasteiger partial charge in [-0.25, -0.2) is 9.79 Å². The van der Waals surface area contributed by atoms with E-state index in [9.17, 15) is 9.59 Å². The summed E-state index contributed by atoms with van der Waals surface area (Å²) in [6.07, 6.45) is 4.60. The summed E-state index contributed by atoms with van der Waals surface area (Å²) in [5.41, 5.74) is 3.51. The van der Waals surface area contributed by atoms with Crippen molar-refractivity contribution >= 4 is 62.7 Å². The Kier molecular flexibility index (Phi) is 9.89. The molecule has 4 rings (SSSR count). The van der Waals surface area contributed by atoms with Gasteiger partial charge >= 0.3 is 5.97 Å². The van der Waals surface area contributed by atoms with Crippen LogP contribution in [0.1, 0.15) is 60.5 Å². The van der Waals surface area contributed by atoms with Crippen LogP contribution in [-0.4, -0.2) is 38.4 Å². The van der Waals surface area contributed by atoms with Crippen molar-refractivity contribution < 1.29 is 23.8 Å². The Balaban J connectivity index is 1.66. The van der Waals surface area contributed by atoms with Crippen molar-refractivity contribution in [2.45, 2.75) is 47.0 Å². The summed E-state index contributed by atoms with van der Waals surface area (Å²) in [4.78, 5) is 31.4. The van der Waals surface area contributed by atoms with E-state index in [2.05, 4.69) is 48.7 Å². The molecular weight excluding hydrogens is 639 g/mol. The van der Waals surface area contributed by atoms with Gasteiger partial charge < -0.3 is 19.5 Å². The monoisotopic (exact) mass is 674 g/mol. The minimum Gasteiger partial charge on any atom is -0.493 e. The fourth-order valence-corrected chi connectivity index (χ4v) is 6.82. The summed E-state index contributed by atoms with van der Waals surface area (Å²) in [6.45, 7) is 8.69. The van der Waals surface area contributed by atoms with Crippen LogP contribution in [0.3, 0.4) is 0 Å². The number of aliphatic imine (C=N–C) groups is 1. The number of carbonyl (C=O) groups excluding carboxylic acids is 2. The minimum atomic E-state index is -0.442. The van der Waals surface area contributed by atoms with Gasteiger partial charge in [-0.3, -0.25) is 4.79 Å². The lowest BCUT2D eigenvalue weighted by Gasteiger charge is -2.33. The highest BCUT2D eigenvalue weighted by Gasteiger charge is 2.33. The number of fused-ring (bicyclic) bond motifs is 1. The largest absolute Gasteiger partial charge is 0.493 e. The number of nitrogens with one attached hydrogen (secondary N) is 1. The molecule has 1 amide bonds. The quantitative estimate of drug-likeness (QED) is 0.145. The summed E-state index contributed by atoms with van der Waals surface area (Å²) in [6, 6.07) is 13.2. The van der Waals surface area contributed by atoms with Crippen LogP contribution in [0, 0.1) is 14.9 Å². The number of hydrogen-bond donors (Lipinski definition) is 1. The van der Waals surface area contributed by atoms with Gasteiger partial charge in [-0.2, -0.15) is 0 Å². The van der Waals surface area contributed by atoms with Crippen molar-refractivity contribution in [3.63, 3.8) is 0 Å². The van der Waals surface area contributed by atoms with Crippen LogP contribution in [0.15, 0.2) is 47.5 Å². The Morgan fingerprint density at radius 3 is 2.62 bits per heavy atom. The molecule has 0 spiro atoms. The number of halogens is 1. The molecule has 40 heavy (non-hydrogen) atoms. The number of carbonyl (C=O) groups is 2. The maximum atomic E-state index is 13.6. The number of ether oxygens (including phenoxy) is 3. The van der Waals surface area contributed by atoms with Gasteiger partial charge in [0.2, 0.25) is 0 Å². The predicted octanol–water partition coefficient (Wildman–Crippen LogP) is 7.46. The second kappa shape index (κ2) is 13.2. The molecule has 1 aromatic heterocycles. The Morgan fingerprint density at radius 2 is 1.95 bits per heavy atom. The van der Waals surface area contributed by atoms with E-state index in [1.54, 1.807) is 37.7 Å². The normalized spacial score (nSPS) is 15.0. The van der Waals surface area contributed by atoms with Crippen molar-refractivity contribution in [3.8, 4) is 11.5 Å². The van der Waals surface area contributed by atoms with Crippen LogP contribution in [0.25, 0.3) is 0 Å². The molecule has 1 aliphatic rings. The lowest BCUT2D eigenvalue weighted by molar-refractivity contribution is -0.145. The molecule has 1 heterocycles. The van der Waals surface area contributed by atoms with Crippen LogP contribution in [0.5, 0.6) is 11.5 Å². The number of esters is 1. The van der Waals surface area contributed by atoms with Gasteiger partial charge in [0.25, 0.3) is 5.91 Å². The lowest BCUT2D eigenvalue weighted by Crippen LogP contribution is -2.27. The molecule has 1 aliphatic carbocycles. The number of anilines is 1. The molecule has 0 aliphatic heterocycles. The number of methoxy groups -OCH3 is 1. The second-order valence-electron chi connectivity index (χ2n) is 10.7. The zero-order chi connectivity index (χ0) is 28.9. The van der Waals surface area contributed by atoms with Crippen LogP contribution in [-0.2, 0) is 22.4 Å². The summed E-state index contributed by atoms with van der Waals surface area (Å²) in [5.74, 6) is 0.922. The number of benzene rings is 2. The van der Waals surface area contributed by atoms with Crippen molar-refractivity contribution in [1.82, 2.24) is 0 Å². The average molecular weight is 675 g/mol. The summed E-state index contributed by atoms with van der Waals surface area (Å²) >= 11 is 3.75. The lowest BCUT2D eigenvalue weighted by atomic mass is 9.72. The SMILES string of the molecule is CCOC(=O)COc1c(I)cc(C=Nc2sc3c(c2C(=O)Nc2ccccc2)CC[C@@H](C(C)(C)C)C3)cc1OC. The molecule has 0 radical (unpaired) electrons. The molecule has 3 aromatic rings.